The minimum atomic E-state index is -0.466. The Balaban J connectivity index is 2.37. The molecule has 2 N–H and O–H groups in total. The second kappa shape index (κ2) is 6.61. The van der Waals surface area contributed by atoms with Crippen molar-refractivity contribution in [2.45, 2.75) is 37.4 Å². The Labute approximate surface area is 111 Å². The number of nitrogens with zero attached hydrogens (tertiary/aromatic N) is 3. The number of nitrogens with one attached hydrogen (secondary N) is 2. The van der Waals surface area contributed by atoms with Crippen molar-refractivity contribution in [1.29, 1.82) is 5.26 Å². The molecule has 0 saturated carbocycles. The van der Waals surface area contributed by atoms with Crippen LogP contribution >= 0.6 is 11.8 Å². The predicted octanol–water partition coefficient (Wildman–Crippen LogP) is 0.872. The number of rotatable bonds is 7. The zero-order chi connectivity index (χ0) is 13.6. The number of H-pyrrole nitrogens is 1. The molecule has 0 aliphatic rings. The van der Waals surface area contributed by atoms with E-state index in [0.29, 0.717) is 5.16 Å². The van der Waals surface area contributed by atoms with E-state index in [1.807, 2.05) is 13.8 Å². The number of hydrogen-bond acceptors (Lipinski definition) is 5. The first-order chi connectivity index (χ1) is 8.52. The fourth-order valence-electron chi connectivity index (χ4n) is 1.62. The van der Waals surface area contributed by atoms with Gasteiger partial charge in [-0.1, -0.05) is 18.7 Å². The summed E-state index contributed by atoms with van der Waals surface area (Å²) in [5, 5.41) is 19.3. The van der Waals surface area contributed by atoms with Gasteiger partial charge in [0.2, 0.25) is 0 Å². The van der Waals surface area contributed by atoms with E-state index in [2.05, 4.69) is 21.6 Å². The summed E-state index contributed by atoms with van der Waals surface area (Å²) in [4.78, 5) is 11.1. The minimum absolute atomic E-state index is 0.202. The van der Waals surface area contributed by atoms with Gasteiger partial charge in [-0.25, -0.2) is 9.89 Å². The van der Waals surface area contributed by atoms with E-state index in [0.717, 1.165) is 25.1 Å². The molecule has 18 heavy (non-hydrogen) atoms. The molecule has 0 bridgehead atoms. The van der Waals surface area contributed by atoms with Crippen LogP contribution < -0.4 is 11.0 Å². The molecule has 1 rings (SSSR count). The van der Waals surface area contributed by atoms with Crippen LogP contribution in [-0.4, -0.2) is 32.6 Å². The maximum absolute atomic E-state index is 11.1. The molecule has 0 aliphatic carbocycles. The molecule has 0 aliphatic heterocycles. The first-order valence-electron chi connectivity index (χ1n) is 5.93. The van der Waals surface area contributed by atoms with E-state index in [4.69, 9.17) is 5.26 Å². The first-order valence-corrected chi connectivity index (χ1v) is 6.91. The van der Waals surface area contributed by atoms with E-state index in [1.165, 1.54) is 16.3 Å². The molecule has 0 saturated heterocycles. The highest BCUT2D eigenvalue weighted by Gasteiger charge is 2.21. The van der Waals surface area contributed by atoms with Crippen LogP contribution in [-0.2, 0) is 7.05 Å². The summed E-state index contributed by atoms with van der Waals surface area (Å²) >= 11 is 1.52. The Morgan fingerprint density at radius 3 is 2.89 bits per heavy atom. The lowest BCUT2D eigenvalue weighted by molar-refractivity contribution is 0.426. The van der Waals surface area contributed by atoms with E-state index in [1.54, 1.807) is 7.05 Å². The quantitative estimate of drug-likeness (QED) is 0.566. The van der Waals surface area contributed by atoms with Gasteiger partial charge in [0.15, 0.2) is 5.16 Å². The smallest absolute Gasteiger partial charge is 0.300 e. The third kappa shape index (κ3) is 3.89. The van der Waals surface area contributed by atoms with Gasteiger partial charge in [-0.05, 0) is 26.3 Å². The zero-order valence-electron chi connectivity index (χ0n) is 11.0. The van der Waals surface area contributed by atoms with Gasteiger partial charge in [0, 0.05) is 12.8 Å². The summed E-state index contributed by atoms with van der Waals surface area (Å²) < 4.78 is 1.48. The van der Waals surface area contributed by atoms with Gasteiger partial charge < -0.3 is 0 Å². The monoisotopic (exact) mass is 269 g/mol. The second-order valence-corrected chi connectivity index (χ2v) is 5.36. The van der Waals surface area contributed by atoms with Crippen molar-refractivity contribution in [3.63, 3.8) is 0 Å². The summed E-state index contributed by atoms with van der Waals surface area (Å²) in [7, 11) is 1.69. The van der Waals surface area contributed by atoms with Gasteiger partial charge in [-0.3, -0.25) is 9.88 Å². The fraction of sp³-hybridized carbons (Fsp3) is 0.727. The molecule has 1 atom stereocenters. The highest BCUT2D eigenvalue weighted by molar-refractivity contribution is 7.99. The van der Waals surface area contributed by atoms with Crippen LogP contribution in [0.5, 0.6) is 0 Å². The van der Waals surface area contributed by atoms with Crippen molar-refractivity contribution >= 4 is 11.8 Å². The van der Waals surface area contributed by atoms with Crippen LogP contribution in [0.3, 0.4) is 0 Å². The van der Waals surface area contributed by atoms with Crippen LogP contribution in [0.4, 0.5) is 0 Å². The number of hydrogen-bond donors (Lipinski definition) is 2. The lowest BCUT2D eigenvalue weighted by atomic mass is 9.98. The Morgan fingerprint density at radius 2 is 2.39 bits per heavy atom. The van der Waals surface area contributed by atoms with Crippen LogP contribution in [0.25, 0.3) is 0 Å². The van der Waals surface area contributed by atoms with Gasteiger partial charge in [-0.15, -0.1) is 5.10 Å². The van der Waals surface area contributed by atoms with Gasteiger partial charge in [0.05, 0.1) is 6.07 Å². The summed E-state index contributed by atoms with van der Waals surface area (Å²) in [6, 6.07) is 2.30. The number of thioether (sulfide) groups is 1. The van der Waals surface area contributed by atoms with Gasteiger partial charge in [-0.2, -0.15) is 5.26 Å². The molecule has 1 unspecified atom stereocenters. The van der Waals surface area contributed by atoms with E-state index in [-0.39, 0.29) is 5.69 Å². The second-order valence-electron chi connectivity index (χ2n) is 4.30. The molecule has 0 fully saturated rings. The lowest BCUT2D eigenvalue weighted by Gasteiger charge is -2.21. The molecule has 1 aromatic rings. The largest absolute Gasteiger partial charge is 0.343 e. The first kappa shape index (κ1) is 14.8. The minimum Gasteiger partial charge on any atom is -0.300 e. The summed E-state index contributed by atoms with van der Waals surface area (Å²) in [5.41, 5.74) is -0.667. The van der Waals surface area contributed by atoms with E-state index < -0.39 is 5.54 Å². The third-order valence-corrected chi connectivity index (χ3v) is 3.82. The Hall–Kier alpha value is -1.26. The Kier molecular flexibility index (Phi) is 5.44. The third-order valence-electron chi connectivity index (χ3n) is 2.70. The number of nitriles is 1. The Morgan fingerprint density at radius 1 is 1.67 bits per heavy atom. The molecule has 1 aromatic heterocycles. The van der Waals surface area contributed by atoms with Crippen LogP contribution in [0, 0.1) is 11.3 Å². The Bertz CT molecular complexity index is 475. The highest BCUT2D eigenvalue weighted by Crippen LogP contribution is 2.18. The number of aromatic nitrogens is 3. The van der Waals surface area contributed by atoms with Gasteiger partial charge in [0.25, 0.3) is 0 Å². The average molecular weight is 269 g/mol. The van der Waals surface area contributed by atoms with Crippen molar-refractivity contribution in [2.24, 2.45) is 7.05 Å². The number of aromatic amines is 1. The van der Waals surface area contributed by atoms with Crippen LogP contribution in [0.15, 0.2) is 9.95 Å². The maximum Gasteiger partial charge on any atom is 0.343 e. The molecule has 0 radical (unpaired) electrons. The normalized spacial score (nSPS) is 14.1. The average Bonchev–Trinajstić information content (AvgIpc) is 2.67. The zero-order valence-corrected chi connectivity index (χ0v) is 11.8. The molecule has 100 valence electrons. The molecular weight excluding hydrogens is 250 g/mol. The molecule has 0 amide bonds. The van der Waals surface area contributed by atoms with Crippen molar-refractivity contribution in [3.05, 3.63) is 10.5 Å². The fourth-order valence-corrected chi connectivity index (χ4v) is 2.48. The van der Waals surface area contributed by atoms with Gasteiger partial charge in [0.1, 0.15) is 5.54 Å². The topological polar surface area (TPSA) is 86.5 Å². The molecule has 0 spiro atoms. The summed E-state index contributed by atoms with van der Waals surface area (Å²) in [6.07, 6.45) is 1.67. The standard InChI is InChI=1S/C11H19N5OS/c1-4-13-11(2,8-12)6-5-7-18-10-15-14-9(17)16(10)3/h13H,4-7H2,1-3H3,(H,14,17). The maximum atomic E-state index is 11.1. The molecular formula is C11H19N5OS. The van der Waals surface area contributed by atoms with Crippen molar-refractivity contribution < 1.29 is 0 Å². The molecule has 6 nitrogen and oxygen atoms in total. The van der Waals surface area contributed by atoms with Crippen LogP contribution in [0.2, 0.25) is 0 Å². The SMILES string of the molecule is CCNC(C)(C#N)CCCSc1n[nH]c(=O)n1C. The lowest BCUT2D eigenvalue weighted by Crippen LogP contribution is -2.40. The molecule has 0 aromatic carbocycles. The van der Waals surface area contributed by atoms with Crippen molar-refractivity contribution in [2.75, 3.05) is 12.3 Å². The molecule has 7 heteroatoms. The summed E-state index contributed by atoms with van der Waals surface area (Å²) in [6.45, 7) is 4.68. The molecule has 1 heterocycles. The summed E-state index contributed by atoms with van der Waals surface area (Å²) in [5.74, 6) is 0.834. The van der Waals surface area contributed by atoms with Gasteiger partial charge >= 0.3 is 5.69 Å². The van der Waals surface area contributed by atoms with Crippen molar-refractivity contribution in [3.8, 4) is 6.07 Å². The predicted molar refractivity (Wildman–Crippen MR) is 71.5 cm³/mol. The highest BCUT2D eigenvalue weighted by atomic mass is 32.2. The van der Waals surface area contributed by atoms with Crippen molar-refractivity contribution in [1.82, 2.24) is 20.1 Å². The van der Waals surface area contributed by atoms with E-state index >= 15 is 0 Å². The van der Waals surface area contributed by atoms with Crippen LogP contribution in [0.1, 0.15) is 26.7 Å². The van der Waals surface area contributed by atoms with E-state index in [9.17, 15) is 4.79 Å².